The molecule has 1 aromatic heterocycles. The summed E-state index contributed by atoms with van der Waals surface area (Å²) >= 11 is 0.750. The maximum Gasteiger partial charge on any atom is 0.416 e. The summed E-state index contributed by atoms with van der Waals surface area (Å²) in [5.74, 6) is -1.45. The minimum Gasteiger partial charge on any atom is -0.481 e. The monoisotopic (exact) mass is 403 g/mol. The van der Waals surface area contributed by atoms with Gasteiger partial charge in [-0.15, -0.1) is 0 Å². The highest BCUT2D eigenvalue weighted by molar-refractivity contribution is 7.22. The molecule has 8 nitrogen and oxygen atoms in total. The Morgan fingerprint density at radius 2 is 1.96 bits per heavy atom. The molecule has 3 rings (SSSR count). The molecule has 0 radical (unpaired) electrons. The van der Waals surface area contributed by atoms with Crippen molar-refractivity contribution in [1.29, 1.82) is 0 Å². The fourth-order valence-electron chi connectivity index (χ4n) is 2.89. The first kappa shape index (κ1) is 19.0. The molecule has 1 N–H and O–H groups in total. The first-order valence-electron chi connectivity index (χ1n) is 7.76. The van der Waals surface area contributed by atoms with Crippen molar-refractivity contribution in [2.24, 2.45) is 5.92 Å². The lowest BCUT2D eigenvalue weighted by molar-refractivity contribution is -0.383. The number of alkyl halides is 3. The maximum atomic E-state index is 13.0. The van der Waals surface area contributed by atoms with Crippen molar-refractivity contribution in [1.82, 2.24) is 4.98 Å². The lowest BCUT2D eigenvalue weighted by atomic mass is 9.98. The molecule has 1 aliphatic rings. The number of halogens is 3. The summed E-state index contributed by atoms with van der Waals surface area (Å²) in [6, 6.07) is 0.966. The number of hydrogen-bond donors (Lipinski definition) is 1. The molecular weight excluding hydrogens is 391 g/mol. The lowest BCUT2D eigenvalue weighted by Gasteiger charge is -2.30. The number of anilines is 1. The second-order valence-electron chi connectivity index (χ2n) is 6.03. The lowest BCUT2D eigenvalue weighted by Crippen LogP contribution is -2.37. The van der Waals surface area contributed by atoms with Gasteiger partial charge in [0.05, 0.1) is 21.8 Å². The summed E-state index contributed by atoms with van der Waals surface area (Å²) in [5.41, 5.74) is -3.10. The number of rotatable bonds is 3. The van der Waals surface area contributed by atoms with Crippen molar-refractivity contribution < 1.29 is 28.0 Å². The van der Waals surface area contributed by atoms with E-state index in [0.717, 1.165) is 11.3 Å². The van der Waals surface area contributed by atoms with Crippen LogP contribution < -0.4 is 10.5 Å². The van der Waals surface area contributed by atoms with Crippen molar-refractivity contribution >= 4 is 38.2 Å². The number of piperidine rings is 1. The Morgan fingerprint density at radius 1 is 1.33 bits per heavy atom. The molecule has 1 saturated heterocycles. The number of carbonyl (C=O) groups is 1. The van der Waals surface area contributed by atoms with Gasteiger partial charge < -0.3 is 10.0 Å². The van der Waals surface area contributed by atoms with Gasteiger partial charge in [0.25, 0.3) is 11.2 Å². The highest BCUT2D eigenvalue weighted by Crippen LogP contribution is 2.38. The molecule has 2 heterocycles. The van der Waals surface area contributed by atoms with Crippen LogP contribution >= 0.6 is 11.3 Å². The average Bonchev–Trinajstić information content (AvgIpc) is 2.60. The zero-order valence-corrected chi connectivity index (χ0v) is 14.3. The fraction of sp³-hybridized carbons (Fsp3) is 0.400. The normalized spacial score (nSPS) is 15.9. The molecule has 1 aromatic carbocycles. The number of fused-ring (bicyclic) bond motifs is 1. The van der Waals surface area contributed by atoms with Gasteiger partial charge in [-0.25, -0.2) is 0 Å². The minimum atomic E-state index is -4.84. The number of aliphatic carboxylic acids is 1. The van der Waals surface area contributed by atoms with E-state index in [1.807, 2.05) is 0 Å². The van der Waals surface area contributed by atoms with Gasteiger partial charge in [0.15, 0.2) is 5.13 Å². The molecule has 0 atom stereocenters. The van der Waals surface area contributed by atoms with E-state index in [0.29, 0.717) is 25.0 Å². The van der Waals surface area contributed by atoms with Gasteiger partial charge >= 0.3 is 12.1 Å². The fourth-order valence-corrected chi connectivity index (χ4v) is 4.01. The standard InChI is InChI=1S/C15H12F3N3O5S/c16-15(17,18)8-5-9-11(10(6-8)21(25)26)27-14(19-12(9)22)20-3-1-7(2-4-20)13(23)24/h5-7H,1-4H2,(H,23,24). The predicted octanol–water partition coefficient (Wildman–Crippen LogP) is 2.88. The van der Waals surface area contributed by atoms with Crippen molar-refractivity contribution in [2.45, 2.75) is 19.0 Å². The van der Waals surface area contributed by atoms with Crippen LogP contribution in [-0.2, 0) is 11.0 Å². The molecule has 0 aliphatic carbocycles. The van der Waals surface area contributed by atoms with Gasteiger partial charge in [0.1, 0.15) is 4.70 Å². The summed E-state index contributed by atoms with van der Waals surface area (Å²) in [5, 5.41) is 19.9. The van der Waals surface area contributed by atoms with Crippen LogP contribution in [0.25, 0.3) is 10.1 Å². The summed E-state index contributed by atoms with van der Waals surface area (Å²) in [7, 11) is 0. The Morgan fingerprint density at radius 3 is 2.48 bits per heavy atom. The summed E-state index contributed by atoms with van der Waals surface area (Å²) < 4.78 is 38.7. The number of nitro benzene ring substituents is 1. The number of carboxylic acids is 1. The van der Waals surface area contributed by atoms with Gasteiger partial charge in [-0.3, -0.25) is 19.7 Å². The predicted molar refractivity (Wildman–Crippen MR) is 90.1 cm³/mol. The van der Waals surface area contributed by atoms with Crippen LogP contribution in [0.1, 0.15) is 18.4 Å². The molecule has 1 aliphatic heterocycles. The Labute approximate surface area is 153 Å². The maximum absolute atomic E-state index is 13.0. The van der Waals surface area contributed by atoms with Crippen LogP contribution in [0.2, 0.25) is 0 Å². The number of carboxylic acid groups (broad SMARTS) is 1. The minimum absolute atomic E-state index is 0.124. The zero-order chi connectivity index (χ0) is 19.9. The van der Waals surface area contributed by atoms with Crippen LogP contribution in [-0.4, -0.2) is 34.1 Å². The number of benzene rings is 1. The van der Waals surface area contributed by atoms with Crippen LogP contribution in [0, 0.1) is 16.0 Å². The Bertz CT molecular complexity index is 983. The summed E-state index contributed by atoms with van der Waals surface area (Å²) in [6.45, 7) is 0.555. The smallest absolute Gasteiger partial charge is 0.416 e. The van der Waals surface area contributed by atoms with E-state index >= 15 is 0 Å². The molecule has 27 heavy (non-hydrogen) atoms. The highest BCUT2D eigenvalue weighted by atomic mass is 32.1. The van der Waals surface area contributed by atoms with Crippen LogP contribution in [0.5, 0.6) is 0 Å². The van der Waals surface area contributed by atoms with Gasteiger partial charge in [-0.1, -0.05) is 11.3 Å². The number of hydrogen-bond acceptors (Lipinski definition) is 7. The van der Waals surface area contributed by atoms with Crippen molar-refractivity contribution in [2.75, 3.05) is 18.0 Å². The van der Waals surface area contributed by atoms with Gasteiger partial charge in [0.2, 0.25) is 0 Å². The van der Waals surface area contributed by atoms with Crippen molar-refractivity contribution in [3.63, 3.8) is 0 Å². The third-order valence-corrected chi connectivity index (χ3v) is 5.49. The van der Waals surface area contributed by atoms with E-state index in [4.69, 9.17) is 5.11 Å². The number of non-ortho nitro benzene ring substituents is 1. The van der Waals surface area contributed by atoms with Crippen LogP contribution in [0.15, 0.2) is 16.9 Å². The summed E-state index contributed by atoms with van der Waals surface area (Å²) in [4.78, 5) is 38.9. The molecule has 1 fully saturated rings. The van der Waals surface area contributed by atoms with E-state index in [2.05, 4.69) is 4.98 Å². The molecule has 0 saturated carbocycles. The third-order valence-electron chi connectivity index (χ3n) is 4.33. The zero-order valence-electron chi connectivity index (χ0n) is 13.5. The molecule has 0 bridgehead atoms. The van der Waals surface area contributed by atoms with Gasteiger partial charge in [-0.05, 0) is 18.9 Å². The molecule has 12 heteroatoms. The molecule has 0 unspecified atom stereocenters. The molecular formula is C15H12F3N3O5S. The van der Waals surface area contributed by atoms with E-state index in [-0.39, 0.29) is 22.9 Å². The number of nitrogens with zero attached hydrogens (tertiary/aromatic N) is 3. The average molecular weight is 403 g/mol. The summed E-state index contributed by atoms with van der Waals surface area (Å²) in [6.07, 6.45) is -4.22. The van der Waals surface area contributed by atoms with Crippen molar-refractivity contribution in [3.8, 4) is 0 Å². The Hall–Kier alpha value is -2.76. The van der Waals surface area contributed by atoms with Gasteiger partial charge in [-0.2, -0.15) is 18.2 Å². The number of aromatic nitrogens is 1. The SMILES string of the molecule is O=C(O)C1CCN(c2nc(=O)c3cc(C(F)(F)F)cc([N+](=O)[O-])c3s2)CC1. The first-order chi connectivity index (χ1) is 12.6. The second kappa shape index (κ2) is 6.76. The Balaban J connectivity index is 2.09. The Kier molecular flexibility index (Phi) is 4.76. The van der Waals surface area contributed by atoms with Crippen LogP contribution in [0.3, 0.4) is 0 Å². The number of nitro groups is 1. The highest BCUT2D eigenvalue weighted by Gasteiger charge is 2.34. The molecule has 144 valence electrons. The quantitative estimate of drug-likeness (QED) is 0.619. The first-order valence-corrected chi connectivity index (χ1v) is 8.58. The van der Waals surface area contributed by atoms with Gasteiger partial charge in [0, 0.05) is 19.2 Å². The van der Waals surface area contributed by atoms with E-state index in [1.54, 1.807) is 4.90 Å². The van der Waals surface area contributed by atoms with E-state index < -0.39 is 45.2 Å². The van der Waals surface area contributed by atoms with E-state index in [9.17, 15) is 32.9 Å². The molecule has 0 spiro atoms. The van der Waals surface area contributed by atoms with Crippen molar-refractivity contribution in [3.05, 3.63) is 38.2 Å². The largest absolute Gasteiger partial charge is 0.481 e. The molecule has 0 amide bonds. The van der Waals surface area contributed by atoms with Crippen LogP contribution in [0.4, 0.5) is 24.0 Å². The third kappa shape index (κ3) is 3.70. The second-order valence-corrected chi connectivity index (χ2v) is 7.01. The molecule has 2 aromatic rings. The topological polar surface area (TPSA) is 114 Å². The van der Waals surface area contributed by atoms with E-state index in [1.165, 1.54) is 0 Å².